The van der Waals surface area contributed by atoms with Crippen LogP contribution in [0.4, 0.5) is 0 Å². The Morgan fingerprint density at radius 3 is 2.94 bits per heavy atom. The monoisotopic (exact) mass is 218 g/mol. The number of benzene rings is 1. The lowest BCUT2D eigenvalue weighted by atomic mass is 10.0. The first-order valence-corrected chi connectivity index (χ1v) is 5.02. The number of carbonyl (C=O) groups is 1. The summed E-state index contributed by atoms with van der Waals surface area (Å²) in [5.74, 6) is -0.130. The fourth-order valence-electron chi connectivity index (χ4n) is 1.36. The van der Waals surface area contributed by atoms with Crippen molar-refractivity contribution in [3.8, 4) is 0 Å². The molecule has 1 rings (SSSR count). The molecule has 0 aromatic heterocycles. The van der Waals surface area contributed by atoms with E-state index in [2.05, 4.69) is 15.3 Å². The van der Waals surface area contributed by atoms with Gasteiger partial charge in [0, 0.05) is 23.6 Å². The summed E-state index contributed by atoms with van der Waals surface area (Å²) in [4.78, 5) is 14.3. The van der Waals surface area contributed by atoms with Gasteiger partial charge in [0.2, 0.25) is 0 Å². The van der Waals surface area contributed by atoms with Crippen molar-refractivity contribution in [1.82, 2.24) is 5.32 Å². The Bertz CT molecular complexity index is 436. The minimum absolute atomic E-state index is 0.130. The highest BCUT2D eigenvalue weighted by Crippen LogP contribution is 2.12. The Morgan fingerprint density at radius 1 is 1.50 bits per heavy atom. The van der Waals surface area contributed by atoms with Crippen molar-refractivity contribution in [3.63, 3.8) is 0 Å². The molecule has 1 N–H and O–H groups in total. The normalized spacial score (nSPS) is 9.38. The highest BCUT2D eigenvalue weighted by molar-refractivity contribution is 5.95. The van der Waals surface area contributed by atoms with E-state index in [1.54, 1.807) is 6.07 Å². The molecule has 1 aromatic carbocycles. The Balaban J connectivity index is 2.66. The predicted molar refractivity (Wildman–Crippen MR) is 62.3 cm³/mol. The van der Waals surface area contributed by atoms with Gasteiger partial charge in [0.1, 0.15) is 0 Å². The molecule has 84 valence electrons. The van der Waals surface area contributed by atoms with E-state index in [9.17, 15) is 4.79 Å². The number of hydrogen-bond donors (Lipinski definition) is 1. The third-order valence-electron chi connectivity index (χ3n) is 2.41. The van der Waals surface area contributed by atoms with Crippen LogP contribution in [0.5, 0.6) is 0 Å². The molecule has 0 aliphatic carbocycles. The second-order valence-corrected chi connectivity index (χ2v) is 3.46. The van der Waals surface area contributed by atoms with Crippen LogP contribution in [0.15, 0.2) is 23.3 Å². The van der Waals surface area contributed by atoms with E-state index in [0.717, 1.165) is 11.1 Å². The molecule has 5 nitrogen and oxygen atoms in total. The van der Waals surface area contributed by atoms with Gasteiger partial charge in [-0.2, -0.15) is 0 Å². The Labute approximate surface area is 94.1 Å². The van der Waals surface area contributed by atoms with Crippen molar-refractivity contribution < 1.29 is 4.79 Å². The number of rotatable bonds is 4. The van der Waals surface area contributed by atoms with Gasteiger partial charge in [-0.05, 0) is 36.6 Å². The van der Waals surface area contributed by atoms with Gasteiger partial charge in [-0.25, -0.2) is 0 Å². The SMILES string of the molecule is Cc1cccc(C(=O)NCCN=[N+]=[N-])c1C. The molecule has 0 bridgehead atoms. The fourth-order valence-corrected chi connectivity index (χ4v) is 1.36. The summed E-state index contributed by atoms with van der Waals surface area (Å²) in [6, 6.07) is 5.60. The second kappa shape index (κ2) is 5.78. The lowest BCUT2D eigenvalue weighted by Gasteiger charge is -2.08. The lowest BCUT2D eigenvalue weighted by molar-refractivity contribution is 0.0954. The van der Waals surface area contributed by atoms with E-state index in [0.29, 0.717) is 12.1 Å². The largest absolute Gasteiger partial charge is 0.352 e. The molecule has 0 fully saturated rings. The molecule has 0 spiro atoms. The van der Waals surface area contributed by atoms with Gasteiger partial charge in [-0.15, -0.1) is 0 Å². The van der Waals surface area contributed by atoms with Crippen LogP contribution < -0.4 is 5.32 Å². The number of carbonyl (C=O) groups excluding carboxylic acids is 1. The van der Waals surface area contributed by atoms with Gasteiger partial charge in [0.15, 0.2) is 0 Å². The number of amides is 1. The van der Waals surface area contributed by atoms with Gasteiger partial charge < -0.3 is 5.32 Å². The lowest BCUT2D eigenvalue weighted by Crippen LogP contribution is -2.26. The smallest absolute Gasteiger partial charge is 0.251 e. The standard InChI is InChI=1S/C11H14N4O/c1-8-4-3-5-10(9(8)2)11(16)13-6-7-14-15-12/h3-5H,6-7H2,1-2H3,(H,13,16). The topological polar surface area (TPSA) is 77.9 Å². The first-order valence-electron chi connectivity index (χ1n) is 5.02. The molecule has 5 heteroatoms. The summed E-state index contributed by atoms with van der Waals surface area (Å²) in [6.45, 7) is 4.51. The minimum Gasteiger partial charge on any atom is -0.352 e. The molecule has 1 amide bonds. The van der Waals surface area contributed by atoms with Crippen LogP contribution in [0.2, 0.25) is 0 Å². The summed E-state index contributed by atoms with van der Waals surface area (Å²) in [7, 11) is 0. The summed E-state index contributed by atoms with van der Waals surface area (Å²) in [5.41, 5.74) is 10.8. The van der Waals surface area contributed by atoms with E-state index < -0.39 is 0 Å². The molecule has 0 aliphatic rings. The van der Waals surface area contributed by atoms with Crippen molar-refractivity contribution in [2.75, 3.05) is 13.1 Å². The quantitative estimate of drug-likeness (QED) is 0.358. The maximum atomic E-state index is 11.7. The molecule has 16 heavy (non-hydrogen) atoms. The van der Waals surface area contributed by atoms with Gasteiger partial charge in [0.25, 0.3) is 5.91 Å². The van der Waals surface area contributed by atoms with Crippen LogP contribution in [-0.4, -0.2) is 19.0 Å². The molecule has 0 atom stereocenters. The van der Waals surface area contributed by atoms with Crippen molar-refractivity contribution in [2.45, 2.75) is 13.8 Å². The molecule has 0 aliphatic heterocycles. The van der Waals surface area contributed by atoms with Crippen LogP contribution in [0.1, 0.15) is 21.5 Å². The van der Waals surface area contributed by atoms with Gasteiger partial charge in [-0.3, -0.25) is 4.79 Å². The highest BCUT2D eigenvalue weighted by atomic mass is 16.1. The fraction of sp³-hybridized carbons (Fsp3) is 0.364. The Morgan fingerprint density at radius 2 is 2.25 bits per heavy atom. The summed E-state index contributed by atoms with van der Waals surface area (Å²) >= 11 is 0. The summed E-state index contributed by atoms with van der Waals surface area (Å²) in [6.07, 6.45) is 0. The van der Waals surface area contributed by atoms with Gasteiger partial charge in [-0.1, -0.05) is 17.2 Å². The Kier molecular flexibility index (Phi) is 4.36. The molecule has 0 saturated heterocycles. The zero-order chi connectivity index (χ0) is 12.0. The number of nitrogens with one attached hydrogen (secondary N) is 1. The number of hydrogen-bond acceptors (Lipinski definition) is 2. The van der Waals surface area contributed by atoms with Crippen LogP contribution in [0.3, 0.4) is 0 Å². The average molecular weight is 218 g/mol. The zero-order valence-electron chi connectivity index (χ0n) is 9.40. The summed E-state index contributed by atoms with van der Waals surface area (Å²) < 4.78 is 0. The third kappa shape index (κ3) is 3.00. The molecular weight excluding hydrogens is 204 g/mol. The number of nitrogens with zero attached hydrogens (tertiary/aromatic N) is 3. The highest BCUT2D eigenvalue weighted by Gasteiger charge is 2.08. The van der Waals surface area contributed by atoms with Crippen LogP contribution in [0.25, 0.3) is 10.4 Å². The van der Waals surface area contributed by atoms with E-state index in [4.69, 9.17) is 5.53 Å². The van der Waals surface area contributed by atoms with Crippen LogP contribution >= 0.6 is 0 Å². The van der Waals surface area contributed by atoms with E-state index in [1.807, 2.05) is 26.0 Å². The van der Waals surface area contributed by atoms with Crippen LogP contribution in [-0.2, 0) is 0 Å². The Hall–Kier alpha value is -2.00. The van der Waals surface area contributed by atoms with Crippen LogP contribution in [0, 0.1) is 13.8 Å². The van der Waals surface area contributed by atoms with Gasteiger partial charge in [0.05, 0.1) is 0 Å². The molecule has 0 saturated carbocycles. The molecule has 0 radical (unpaired) electrons. The molecule has 0 heterocycles. The van der Waals surface area contributed by atoms with E-state index in [1.165, 1.54) is 0 Å². The van der Waals surface area contributed by atoms with Gasteiger partial charge >= 0.3 is 0 Å². The zero-order valence-corrected chi connectivity index (χ0v) is 9.40. The third-order valence-corrected chi connectivity index (χ3v) is 2.41. The minimum atomic E-state index is -0.130. The number of azide groups is 1. The van der Waals surface area contributed by atoms with E-state index in [-0.39, 0.29) is 12.5 Å². The second-order valence-electron chi connectivity index (χ2n) is 3.46. The van der Waals surface area contributed by atoms with Crippen molar-refractivity contribution >= 4 is 5.91 Å². The summed E-state index contributed by atoms with van der Waals surface area (Å²) in [5, 5.41) is 6.04. The molecule has 0 unspecified atom stereocenters. The molecule has 1 aromatic rings. The first-order chi connectivity index (χ1) is 7.66. The number of aryl methyl sites for hydroxylation is 1. The van der Waals surface area contributed by atoms with Crippen molar-refractivity contribution in [1.29, 1.82) is 0 Å². The maximum Gasteiger partial charge on any atom is 0.251 e. The predicted octanol–water partition coefficient (Wildman–Crippen LogP) is 2.34. The van der Waals surface area contributed by atoms with E-state index >= 15 is 0 Å². The first kappa shape index (κ1) is 12.1. The molecular formula is C11H14N4O. The maximum absolute atomic E-state index is 11.7. The van der Waals surface area contributed by atoms with Crippen molar-refractivity contribution in [3.05, 3.63) is 45.3 Å². The van der Waals surface area contributed by atoms with Crippen molar-refractivity contribution in [2.24, 2.45) is 5.11 Å². The average Bonchev–Trinajstić information content (AvgIpc) is 2.28.